The van der Waals surface area contributed by atoms with Gasteiger partial charge in [0, 0.05) is 11.8 Å². The van der Waals surface area contributed by atoms with Gasteiger partial charge in [0.2, 0.25) is 0 Å². The molecule has 1 aromatic heterocycles. The lowest BCUT2D eigenvalue weighted by atomic mass is 9.99. The van der Waals surface area contributed by atoms with Crippen LogP contribution in [0.4, 0.5) is 0 Å². The number of rotatable bonds is 6. The van der Waals surface area contributed by atoms with E-state index in [2.05, 4.69) is 14.8 Å². The van der Waals surface area contributed by atoms with Crippen LogP contribution in [0.1, 0.15) is 37.2 Å². The first-order valence-electron chi connectivity index (χ1n) is 7.16. The number of aromatic nitrogens is 3. The van der Waals surface area contributed by atoms with E-state index in [1.807, 2.05) is 37.3 Å². The van der Waals surface area contributed by atoms with Gasteiger partial charge in [-0.3, -0.25) is 0 Å². The molecular weight excluding hydrogens is 284 g/mol. The maximum absolute atomic E-state index is 10.7. The molecule has 0 aliphatic heterocycles. The van der Waals surface area contributed by atoms with Crippen LogP contribution in [-0.4, -0.2) is 25.6 Å². The molecule has 2 aromatic rings. The first kappa shape index (κ1) is 14.6. The lowest BCUT2D eigenvalue weighted by molar-refractivity contribution is 0.0838. The van der Waals surface area contributed by atoms with E-state index in [4.69, 9.17) is 5.73 Å². The summed E-state index contributed by atoms with van der Waals surface area (Å²) in [7, 11) is 0. The fraction of sp³-hybridized carbons (Fsp3) is 0.467. The van der Waals surface area contributed by atoms with Crippen LogP contribution in [-0.2, 0) is 12.1 Å². The zero-order valence-electron chi connectivity index (χ0n) is 12.1. The van der Waals surface area contributed by atoms with Crippen molar-refractivity contribution in [3.63, 3.8) is 0 Å². The number of nitrogens with zero attached hydrogens (tertiary/aromatic N) is 3. The average molecular weight is 304 g/mol. The van der Waals surface area contributed by atoms with Crippen molar-refractivity contribution in [3.05, 3.63) is 41.7 Å². The van der Waals surface area contributed by atoms with Crippen LogP contribution in [0.3, 0.4) is 0 Å². The van der Waals surface area contributed by atoms with Crippen molar-refractivity contribution >= 4 is 11.8 Å². The minimum atomic E-state index is -0.894. The minimum Gasteiger partial charge on any atom is -0.385 e. The number of thioether (sulfide) groups is 1. The van der Waals surface area contributed by atoms with Crippen molar-refractivity contribution in [1.29, 1.82) is 0 Å². The second-order valence-corrected chi connectivity index (χ2v) is 6.58. The molecule has 0 spiro atoms. The molecule has 1 saturated carbocycles. The summed E-state index contributed by atoms with van der Waals surface area (Å²) >= 11 is 1.54. The van der Waals surface area contributed by atoms with Gasteiger partial charge in [-0.05, 0) is 25.3 Å². The Balaban J connectivity index is 1.74. The highest BCUT2D eigenvalue weighted by molar-refractivity contribution is 7.99. The molecule has 1 aliphatic carbocycles. The summed E-state index contributed by atoms with van der Waals surface area (Å²) in [6, 6.07) is 10.2. The van der Waals surface area contributed by atoms with Crippen LogP contribution in [0.5, 0.6) is 0 Å². The molecule has 1 heterocycles. The lowest BCUT2D eigenvalue weighted by Crippen LogP contribution is -2.24. The number of benzene rings is 1. The molecule has 3 N–H and O–H groups in total. The molecule has 0 bridgehead atoms. The van der Waals surface area contributed by atoms with Gasteiger partial charge in [-0.2, -0.15) is 0 Å². The molecule has 1 aliphatic rings. The van der Waals surface area contributed by atoms with Crippen molar-refractivity contribution in [2.45, 2.75) is 43.1 Å². The van der Waals surface area contributed by atoms with E-state index in [1.165, 1.54) is 11.8 Å². The molecule has 3 rings (SSSR count). The van der Waals surface area contributed by atoms with Gasteiger partial charge in [0.05, 0.1) is 12.1 Å². The Morgan fingerprint density at radius 2 is 2.05 bits per heavy atom. The standard InChI is InChI=1S/C15H20N4OS/c1-15(20,11-5-3-2-4-6-11)10-21-14-18-17-13(9-16)19(14)12-7-8-12/h2-6,12,20H,7-10,16H2,1H3. The summed E-state index contributed by atoms with van der Waals surface area (Å²) in [4.78, 5) is 0. The highest BCUT2D eigenvalue weighted by Crippen LogP contribution is 2.39. The number of nitrogens with two attached hydrogens (primary N) is 1. The van der Waals surface area contributed by atoms with Gasteiger partial charge in [0.1, 0.15) is 5.82 Å². The zero-order valence-corrected chi connectivity index (χ0v) is 12.9. The van der Waals surface area contributed by atoms with E-state index in [1.54, 1.807) is 0 Å². The third-order valence-corrected chi connectivity index (χ3v) is 4.95. The average Bonchev–Trinajstić information content (AvgIpc) is 3.26. The Hall–Kier alpha value is -1.37. The molecule has 5 nitrogen and oxygen atoms in total. The van der Waals surface area contributed by atoms with Gasteiger partial charge in [0.25, 0.3) is 0 Å². The second kappa shape index (κ2) is 5.79. The number of aliphatic hydroxyl groups is 1. The lowest BCUT2D eigenvalue weighted by Gasteiger charge is -2.23. The molecule has 0 amide bonds. The Bertz CT molecular complexity index is 607. The van der Waals surface area contributed by atoms with Gasteiger partial charge in [0.15, 0.2) is 5.16 Å². The Kier molecular flexibility index (Phi) is 4.01. The van der Waals surface area contributed by atoms with Crippen molar-refractivity contribution in [2.24, 2.45) is 5.73 Å². The molecule has 0 saturated heterocycles. The highest BCUT2D eigenvalue weighted by Gasteiger charge is 2.31. The van der Waals surface area contributed by atoms with Crippen LogP contribution in [0.2, 0.25) is 0 Å². The Morgan fingerprint density at radius 1 is 1.33 bits per heavy atom. The normalized spacial score (nSPS) is 17.7. The van der Waals surface area contributed by atoms with Crippen LogP contribution >= 0.6 is 11.8 Å². The first-order valence-corrected chi connectivity index (χ1v) is 8.15. The smallest absolute Gasteiger partial charge is 0.191 e. The van der Waals surface area contributed by atoms with E-state index in [9.17, 15) is 5.11 Å². The largest absolute Gasteiger partial charge is 0.385 e. The van der Waals surface area contributed by atoms with E-state index >= 15 is 0 Å². The number of hydrogen-bond donors (Lipinski definition) is 2. The predicted molar refractivity (Wildman–Crippen MR) is 82.9 cm³/mol. The monoisotopic (exact) mass is 304 g/mol. The third kappa shape index (κ3) is 3.12. The maximum atomic E-state index is 10.7. The maximum Gasteiger partial charge on any atom is 0.191 e. The molecule has 1 aromatic carbocycles. The molecule has 1 unspecified atom stereocenters. The molecule has 6 heteroatoms. The van der Waals surface area contributed by atoms with E-state index in [-0.39, 0.29) is 0 Å². The summed E-state index contributed by atoms with van der Waals surface area (Å²) < 4.78 is 2.13. The van der Waals surface area contributed by atoms with E-state index in [0.29, 0.717) is 18.3 Å². The molecule has 21 heavy (non-hydrogen) atoms. The summed E-state index contributed by atoms with van der Waals surface area (Å²) in [5.74, 6) is 1.37. The Morgan fingerprint density at radius 3 is 2.67 bits per heavy atom. The fourth-order valence-corrected chi connectivity index (χ4v) is 3.40. The SMILES string of the molecule is CC(O)(CSc1nnc(CN)n1C1CC1)c1ccccc1. The zero-order chi connectivity index (χ0) is 14.9. The number of hydrogen-bond acceptors (Lipinski definition) is 5. The van der Waals surface area contributed by atoms with Gasteiger partial charge in [-0.1, -0.05) is 42.1 Å². The highest BCUT2D eigenvalue weighted by atomic mass is 32.2. The van der Waals surface area contributed by atoms with Crippen LogP contribution in [0.15, 0.2) is 35.5 Å². The van der Waals surface area contributed by atoms with Gasteiger partial charge in [-0.25, -0.2) is 0 Å². The van der Waals surface area contributed by atoms with Gasteiger partial charge >= 0.3 is 0 Å². The molecule has 0 radical (unpaired) electrons. The third-order valence-electron chi connectivity index (χ3n) is 3.71. The fourth-order valence-electron chi connectivity index (χ4n) is 2.33. The van der Waals surface area contributed by atoms with Gasteiger partial charge < -0.3 is 15.4 Å². The first-order chi connectivity index (χ1) is 10.1. The van der Waals surface area contributed by atoms with E-state index in [0.717, 1.165) is 29.4 Å². The topological polar surface area (TPSA) is 77.0 Å². The predicted octanol–water partition coefficient (Wildman–Crippen LogP) is 2.07. The van der Waals surface area contributed by atoms with Gasteiger partial charge in [-0.15, -0.1) is 10.2 Å². The van der Waals surface area contributed by atoms with E-state index < -0.39 is 5.60 Å². The van der Waals surface area contributed by atoms with Crippen LogP contribution < -0.4 is 5.73 Å². The molecule has 1 fully saturated rings. The summed E-state index contributed by atoms with van der Waals surface area (Å²) in [6.45, 7) is 2.23. The van der Waals surface area contributed by atoms with Crippen LogP contribution in [0, 0.1) is 0 Å². The minimum absolute atomic E-state index is 0.402. The van der Waals surface area contributed by atoms with Crippen LogP contribution in [0.25, 0.3) is 0 Å². The second-order valence-electron chi connectivity index (χ2n) is 5.63. The summed E-state index contributed by atoms with van der Waals surface area (Å²) in [5.41, 5.74) is 5.74. The summed E-state index contributed by atoms with van der Waals surface area (Å²) in [5, 5.41) is 19.9. The molecular formula is C15H20N4OS. The van der Waals surface area contributed by atoms with Crippen molar-refractivity contribution in [1.82, 2.24) is 14.8 Å². The molecule has 1 atom stereocenters. The van der Waals surface area contributed by atoms with Crippen molar-refractivity contribution in [2.75, 3.05) is 5.75 Å². The van der Waals surface area contributed by atoms with Crippen molar-refractivity contribution in [3.8, 4) is 0 Å². The van der Waals surface area contributed by atoms with Crippen molar-refractivity contribution < 1.29 is 5.11 Å². The Labute approximate surface area is 128 Å². The molecule has 112 valence electrons. The summed E-state index contributed by atoms with van der Waals surface area (Å²) in [6.07, 6.45) is 2.32. The quantitative estimate of drug-likeness (QED) is 0.799.